The summed E-state index contributed by atoms with van der Waals surface area (Å²) < 4.78 is 0. The number of fused-ring (bicyclic) bond motifs is 6. The van der Waals surface area contributed by atoms with Crippen LogP contribution in [0.2, 0.25) is 0 Å². The molecule has 1 aromatic heterocycles. The number of hydrogen-bond acceptors (Lipinski definition) is 3. The van der Waals surface area contributed by atoms with Crippen molar-refractivity contribution < 1.29 is 15.0 Å². The summed E-state index contributed by atoms with van der Waals surface area (Å²) in [5, 5.41) is 22.2. The van der Waals surface area contributed by atoms with Crippen molar-refractivity contribution in [2.45, 2.75) is 37.8 Å². The van der Waals surface area contributed by atoms with Gasteiger partial charge in [0.15, 0.2) is 0 Å². The molecule has 3 N–H and O–H groups in total. The van der Waals surface area contributed by atoms with Crippen LogP contribution in [0.25, 0.3) is 10.9 Å². The highest BCUT2D eigenvalue weighted by atomic mass is 16.4. The molecule has 5 nitrogen and oxygen atoms in total. The molecular weight excluding hydrogens is 316 g/mol. The highest BCUT2D eigenvalue weighted by molar-refractivity contribution is 5.85. The molecule has 0 spiro atoms. The van der Waals surface area contributed by atoms with E-state index in [9.17, 15) is 15.0 Å². The molecule has 1 saturated carbocycles. The summed E-state index contributed by atoms with van der Waals surface area (Å²) in [7, 11) is 0. The number of hydrogen-bond donors (Lipinski definition) is 3. The summed E-state index contributed by atoms with van der Waals surface area (Å²) in [6, 6.07) is 8.20. The number of aromatic nitrogens is 1. The second-order valence-corrected chi connectivity index (χ2v) is 7.96. The largest absolute Gasteiger partial charge is 0.481 e. The molecule has 1 aliphatic carbocycles. The van der Waals surface area contributed by atoms with Crippen LogP contribution in [0, 0.1) is 17.8 Å². The van der Waals surface area contributed by atoms with Crippen molar-refractivity contribution in [1.82, 2.24) is 9.88 Å². The number of carbonyl (C=O) groups is 1. The Morgan fingerprint density at radius 2 is 2.08 bits per heavy atom. The van der Waals surface area contributed by atoms with Crippen molar-refractivity contribution in [3.63, 3.8) is 0 Å². The normalized spacial score (nSPS) is 35.0. The van der Waals surface area contributed by atoms with Crippen LogP contribution in [0.3, 0.4) is 0 Å². The van der Waals surface area contributed by atoms with E-state index in [4.69, 9.17) is 0 Å². The minimum Gasteiger partial charge on any atom is -0.481 e. The third-order valence-corrected chi connectivity index (χ3v) is 6.79. The third kappa shape index (κ3) is 2.19. The van der Waals surface area contributed by atoms with Gasteiger partial charge >= 0.3 is 5.97 Å². The van der Waals surface area contributed by atoms with Crippen LogP contribution >= 0.6 is 0 Å². The number of nitrogens with zero attached hydrogens (tertiary/aromatic N) is 1. The summed E-state index contributed by atoms with van der Waals surface area (Å²) in [5.74, 6) is -0.988. The van der Waals surface area contributed by atoms with Crippen molar-refractivity contribution in [3.8, 4) is 0 Å². The van der Waals surface area contributed by atoms with Gasteiger partial charge in [-0.25, -0.2) is 0 Å². The van der Waals surface area contributed by atoms with E-state index in [2.05, 4.69) is 28.1 Å². The zero-order valence-electron chi connectivity index (χ0n) is 14.2. The van der Waals surface area contributed by atoms with Crippen molar-refractivity contribution in [2.24, 2.45) is 17.8 Å². The van der Waals surface area contributed by atoms with E-state index in [1.807, 2.05) is 6.07 Å². The van der Waals surface area contributed by atoms with Gasteiger partial charge in [0, 0.05) is 35.6 Å². The summed E-state index contributed by atoms with van der Waals surface area (Å²) in [6.07, 6.45) is 3.06. The molecular formula is C20H24N2O3. The summed E-state index contributed by atoms with van der Waals surface area (Å²) >= 11 is 0. The van der Waals surface area contributed by atoms with Gasteiger partial charge in [0.1, 0.15) is 0 Å². The Labute approximate surface area is 146 Å². The first-order valence-electron chi connectivity index (χ1n) is 9.39. The molecule has 25 heavy (non-hydrogen) atoms. The number of aromatic amines is 1. The molecule has 3 aliphatic rings. The second kappa shape index (κ2) is 5.58. The van der Waals surface area contributed by atoms with Crippen molar-refractivity contribution in [2.75, 3.05) is 13.1 Å². The summed E-state index contributed by atoms with van der Waals surface area (Å²) in [6.45, 7) is 1.85. The van der Waals surface area contributed by atoms with Gasteiger partial charge in [0.25, 0.3) is 0 Å². The first-order valence-corrected chi connectivity index (χ1v) is 9.39. The van der Waals surface area contributed by atoms with Crippen molar-refractivity contribution in [1.29, 1.82) is 0 Å². The Kier molecular flexibility index (Phi) is 3.44. The molecule has 0 bridgehead atoms. The van der Waals surface area contributed by atoms with Gasteiger partial charge in [-0.2, -0.15) is 0 Å². The second-order valence-electron chi connectivity index (χ2n) is 7.96. The number of benzene rings is 1. The summed E-state index contributed by atoms with van der Waals surface area (Å²) in [4.78, 5) is 17.7. The summed E-state index contributed by atoms with van der Waals surface area (Å²) in [5.41, 5.74) is 3.52. The molecule has 0 radical (unpaired) electrons. The molecule has 5 atom stereocenters. The molecule has 0 amide bonds. The van der Waals surface area contributed by atoms with E-state index in [0.29, 0.717) is 12.3 Å². The van der Waals surface area contributed by atoms with Gasteiger partial charge in [-0.05, 0) is 36.8 Å². The van der Waals surface area contributed by atoms with E-state index in [1.54, 1.807) is 0 Å². The highest BCUT2D eigenvalue weighted by Gasteiger charge is 2.51. The maximum Gasteiger partial charge on any atom is 0.306 e. The van der Waals surface area contributed by atoms with E-state index < -0.39 is 18.0 Å². The fraction of sp³-hybridized carbons (Fsp3) is 0.550. The Morgan fingerprint density at radius 1 is 1.24 bits per heavy atom. The Morgan fingerprint density at radius 3 is 2.92 bits per heavy atom. The minimum absolute atomic E-state index is 0.0997. The van der Waals surface area contributed by atoms with Gasteiger partial charge in [-0.15, -0.1) is 0 Å². The lowest BCUT2D eigenvalue weighted by Gasteiger charge is -2.52. The molecule has 1 aromatic carbocycles. The maximum atomic E-state index is 11.8. The average Bonchev–Trinajstić information content (AvgIpc) is 2.99. The first-order chi connectivity index (χ1) is 12.1. The van der Waals surface area contributed by atoms with Crippen molar-refractivity contribution >= 4 is 16.9 Å². The fourth-order valence-electron chi connectivity index (χ4n) is 5.75. The molecule has 5 rings (SSSR count). The predicted octanol–water partition coefficient (Wildman–Crippen LogP) is 2.56. The Hall–Kier alpha value is -1.85. The fourth-order valence-corrected chi connectivity index (χ4v) is 5.75. The Bertz CT molecular complexity index is 829. The number of rotatable bonds is 1. The standard InChI is InChI=1S/C20H24N2O3/c23-19-16-11(4-3-6-14(16)20(24)25)10-22-9-8-13-12-5-1-2-7-15(12)21-17(13)18(19)22/h1-2,5,7,11,14,16,18-19,21,23H,3-4,6,8-10H2,(H,24,25)/t11-,14-,16-,18-,19-/m1/s1. The monoisotopic (exact) mass is 340 g/mol. The lowest BCUT2D eigenvalue weighted by molar-refractivity contribution is -0.157. The predicted molar refractivity (Wildman–Crippen MR) is 94.3 cm³/mol. The van der Waals surface area contributed by atoms with Crippen LogP contribution in [0.5, 0.6) is 0 Å². The quantitative estimate of drug-likeness (QED) is 0.746. The molecule has 2 aliphatic heterocycles. The lowest BCUT2D eigenvalue weighted by Crippen LogP contribution is -2.57. The van der Waals surface area contributed by atoms with E-state index in [-0.39, 0.29) is 12.0 Å². The topological polar surface area (TPSA) is 76.6 Å². The first kappa shape index (κ1) is 15.4. The van der Waals surface area contributed by atoms with Gasteiger partial charge < -0.3 is 15.2 Å². The molecule has 2 fully saturated rings. The van der Waals surface area contributed by atoms with Gasteiger partial charge in [-0.1, -0.05) is 24.6 Å². The maximum absolute atomic E-state index is 11.8. The van der Waals surface area contributed by atoms with Gasteiger partial charge in [0.05, 0.1) is 18.1 Å². The zero-order valence-corrected chi connectivity index (χ0v) is 14.2. The van der Waals surface area contributed by atoms with Crippen LogP contribution in [-0.2, 0) is 11.2 Å². The van der Waals surface area contributed by atoms with E-state index >= 15 is 0 Å². The van der Waals surface area contributed by atoms with Crippen LogP contribution in [0.4, 0.5) is 0 Å². The van der Waals surface area contributed by atoms with Crippen LogP contribution in [0.15, 0.2) is 24.3 Å². The van der Waals surface area contributed by atoms with Gasteiger partial charge in [0.2, 0.25) is 0 Å². The smallest absolute Gasteiger partial charge is 0.306 e. The lowest BCUT2D eigenvalue weighted by atomic mass is 9.64. The zero-order chi connectivity index (χ0) is 17.1. The van der Waals surface area contributed by atoms with Crippen LogP contribution < -0.4 is 0 Å². The number of para-hydroxylation sites is 1. The van der Waals surface area contributed by atoms with E-state index in [0.717, 1.165) is 43.6 Å². The number of piperidine rings is 1. The third-order valence-electron chi connectivity index (χ3n) is 6.79. The highest BCUT2D eigenvalue weighted by Crippen LogP contribution is 2.49. The molecule has 1 saturated heterocycles. The molecule has 3 heterocycles. The van der Waals surface area contributed by atoms with Crippen LogP contribution in [0.1, 0.15) is 36.6 Å². The number of aliphatic hydroxyl groups is 1. The molecule has 0 unspecified atom stereocenters. The SMILES string of the molecule is O=C(O)[C@@H]1CCC[C@@H]2CN3CCc4c([nH]c5ccccc45)[C@@H]3[C@H](O)[C@H]21. The van der Waals surface area contributed by atoms with Crippen molar-refractivity contribution in [3.05, 3.63) is 35.5 Å². The average molecular weight is 340 g/mol. The number of nitrogens with one attached hydrogen (secondary N) is 1. The minimum atomic E-state index is -0.741. The van der Waals surface area contributed by atoms with Gasteiger partial charge in [-0.3, -0.25) is 9.69 Å². The molecule has 5 heteroatoms. The number of aliphatic hydroxyl groups excluding tert-OH is 1. The molecule has 2 aromatic rings. The van der Waals surface area contributed by atoms with E-state index in [1.165, 1.54) is 10.9 Å². The molecule has 132 valence electrons. The number of H-pyrrole nitrogens is 1. The van der Waals surface area contributed by atoms with Crippen LogP contribution in [-0.4, -0.2) is 45.3 Å². The number of aliphatic carboxylic acids is 1. The number of carboxylic acids is 1. The Balaban J connectivity index is 1.59. The number of carboxylic acid groups (broad SMARTS) is 1.